The van der Waals surface area contributed by atoms with Gasteiger partial charge in [0, 0.05) is 18.5 Å². The summed E-state index contributed by atoms with van der Waals surface area (Å²) in [5, 5.41) is 5.61. The molecule has 0 aliphatic carbocycles. The van der Waals surface area contributed by atoms with E-state index in [-0.39, 0.29) is 55.8 Å². The van der Waals surface area contributed by atoms with E-state index in [9.17, 15) is 14.4 Å². The second kappa shape index (κ2) is 8.77. The molecule has 4 aliphatic heterocycles. The van der Waals surface area contributed by atoms with Crippen LogP contribution in [-0.2, 0) is 19.2 Å². The number of para-hydroxylation sites is 1. The number of likely N-dealkylation sites (tertiary alicyclic amines) is 1. The molecule has 1 aromatic carbocycles. The van der Waals surface area contributed by atoms with E-state index in [0.717, 1.165) is 0 Å². The van der Waals surface area contributed by atoms with Crippen molar-refractivity contribution in [1.29, 1.82) is 0 Å². The lowest BCUT2D eigenvalue weighted by Crippen LogP contribution is -2.81. The van der Waals surface area contributed by atoms with Crippen molar-refractivity contribution in [2.75, 3.05) is 18.4 Å². The molecule has 34 heavy (non-hydrogen) atoms. The smallest absolute Gasteiger partial charge is 0.414 e. The van der Waals surface area contributed by atoms with E-state index >= 15 is 0 Å². The minimum atomic E-state index is -1.22. The number of carbonyl (C=O) groups is 3. The van der Waals surface area contributed by atoms with Crippen molar-refractivity contribution in [2.24, 2.45) is 21.5 Å². The van der Waals surface area contributed by atoms with Crippen LogP contribution >= 0.6 is 0 Å². The van der Waals surface area contributed by atoms with Crippen molar-refractivity contribution < 1.29 is 24.0 Å². The molecule has 2 fully saturated rings. The molecular weight excluding hydrogens is 448 g/mol. The van der Waals surface area contributed by atoms with E-state index in [0.29, 0.717) is 5.69 Å². The maximum atomic E-state index is 12.3. The summed E-state index contributed by atoms with van der Waals surface area (Å²) in [6.07, 6.45) is -1.41. The first-order valence-corrected chi connectivity index (χ1v) is 10.4. The molecule has 2 saturated heterocycles. The van der Waals surface area contributed by atoms with Crippen LogP contribution in [0.2, 0.25) is 0 Å². The van der Waals surface area contributed by atoms with Gasteiger partial charge in [0.15, 0.2) is 11.9 Å². The molecule has 15 nitrogen and oxygen atoms in total. The lowest BCUT2D eigenvalue weighted by molar-refractivity contribution is -0.244. The Labute approximate surface area is 194 Å². The van der Waals surface area contributed by atoms with Gasteiger partial charge in [0.05, 0.1) is 13.1 Å². The molecule has 4 aliphatic rings. The van der Waals surface area contributed by atoms with Crippen LogP contribution in [0.25, 0.3) is 0 Å². The third-order valence-electron chi connectivity index (χ3n) is 5.85. The van der Waals surface area contributed by atoms with Crippen molar-refractivity contribution in [3.8, 4) is 0 Å². The number of carbonyl (C=O) groups excluding carboxylic acids is 3. The molecule has 4 heterocycles. The highest BCUT2D eigenvalue weighted by Crippen LogP contribution is 2.33. The number of hydrogen-bond donors (Lipinski definition) is 6. The molecule has 1 aromatic rings. The monoisotopic (exact) mass is 474 g/mol. The highest BCUT2D eigenvalue weighted by molar-refractivity contribution is 6.02. The molecule has 4 atom stereocenters. The summed E-state index contributed by atoms with van der Waals surface area (Å²) in [5.41, 5.74) is 15.6. The summed E-state index contributed by atoms with van der Waals surface area (Å²) in [6.45, 7) is 0.0311. The molecule has 10 N–H and O–H groups in total. The first-order chi connectivity index (χ1) is 15.9. The number of amides is 3. The molecule has 5 rings (SSSR count). The van der Waals surface area contributed by atoms with Gasteiger partial charge < -0.3 is 27.7 Å². The summed E-state index contributed by atoms with van der Waals surface area (Å²) in [5.74, 6) is -1.56. The number of nitrogens with zero attached hydrogens (tertiary/aromatic N) is 4. The van der Waals surface area contributed by atoms with E-state index < -0.39 is 30.3 Å². The van der Waals surface area contributed by atoms with Crippen molar-refractivity contribution in [1.82, 2.24) is 26.7 Å². The van der Waals surface area contributed by atoms with Crippen LogP contribution in [0.3, 0.4) is 0 Å². The quantitative estimate of drug-likeness (QED) is 0.271. The summed E-state index contributed by atoms with van der Waals surface area (Å²) >= 11 is 0. The second-order valence-electron chi connectivity index (χ2n) is 7.96. The van der Waals surface area contributed by atoms with Crippen LogP contribution in [-0.4, -0.2) is 76.9 Å². The summed E-state index contributed by atoms with van der Waals surface area (Å²) in [7, 11) is 0. The van der Waals surface area contributed by atoms with Crippen LogP contribution in [0.4, 0.5) is 10.5 Å². The average molecular weight is 474 g/mol. The highest BCUT2D eigenvalue weighted by Gasteiger charge is 2.59. The number of aliphatic imine (C=N–C) groups is 2. The number of hydroxylamine groups is 1. The van der Waals surface area contributed by atoms with Crippen LogP contribution < -0.4 is 33.7 Å². The molecule has 0 unspecified atom stereocenters. The minimum absolute atomic E-state index is 0. The predicted molar refractivity (Wildman–Crippen MR) is 119 cm³/mol. The molecule has 0 bridgehead atoms. The number of imide groups is 1. The van der Waals surface area contributed by atoms with Gasteiger partial charge in [-0.2, -0.15) is 5.48 Å². The third-order valence-corrected chi connectivity index (χ3v) is 5.85. The zero-order chi connectivity index (χ0) is 23.2. The van der Waals surface area contributed by atoms with Crippen LogP contribution in [0, 0.1) is 0 Å². The molecule has 0 saturated carbocycles. The largest absolute Gasteiger partial charge is 0.416 e. The number of guanidine groups is 2. The van der Waals surface area contributed by atoms with Gasteiger partial charge in [-0.25, -0.2) is 14.8 Å². The van der Waals surface area contributed by atoms with Gasteiger partial charge in [-0.15, -0.1) is 0 Å². The van der Waals surface area contributed by atoms with Gasteiger partial charge in [0.25, 0.3) is 0 Å². The number of anilines is 1. The second-order valence-corrected chi connectivity index (χ2v) is 7.96. The summed E-state index contributed by atoms with van der Waals surface area (Å²) < 4.78 is 5.35. The van der Waals surface area contributed by atoms with E-state index in [2.05, 4.69) is 26.1 Å². The Balaban J connectivity index is 0.00000274. The number of hydrogen-bond acceptors (Lipinski definition) is 13. The molecule has 15 heteroatoms. The van der Waals surface area contributed by atoms with Crippen molar-refractivity contribution in [3.05, 3.63) is 30.3 Å². The van der Waals surface area contributed by atoms with Crippen LogP contribution in [0.1, 0.15) is 12.8 Å². The Hall–Kier alpha value is -3.95. The van der Waals surface area contributed by atoms with Crippen LogP contribution in [0.15, 0.2) is 40.3 Å². The minimum Gasteiger partial charge on any atom is -0.416 e. The van der Waals surface area contributed by atoms with Gasteiger partial charge in [0.2, 0.25) is 23.9 Å². The molecule has 0 radical (unpaired) electrons. The Morgan fingerprint density at radius 3 is 2.62 bits per heavy atom. The first-order valence-electron chi connectivity index (χ1n) is 10.4. The number of ether oxygens (including phenoxy) is 1. The third kappa shape index (κ3) is 3.95. The Morgan fingerprint density at radius 1 is 1.21 bits per heavy atom. The van der Waals surface area contributed by atoms with E-state index in [4.69, 9.17) is 21.0 Å². The fourth-order valence-electron chi connectivity index (χ4n) is 4.35. The SMILES string of the molecule is N.NC1=N[C@H]2[C@H](CN3C(=O)CCC3=O)N=C(N)N3C[C@H](OC(=O)Nc4ccccc4)ON[C@]23N1. The Bertz CT molecular complexity index is 1030. The number of nitrogens with one attached hydrogen (secondary N) is 3. The lowest BCUT2D eigenvalue weighted by atomic mass is 9.98. The van der Waals surface area contributed by atoms with Gasteiger partial charge in [-0.1, -0.05) is 18.2 Å². The summed E-state index contributed by atoms with van der Waals surface area (Å²) in [4.78, 5) is 53.7. The van der Waals surface area contributed by atoms with Crippen molar-refractivity contribution >= 4 is 35.5 Å². The molecule has 0 aromatic heterocycles. The zero-order valence-electron chi connectivity index (χ0n) is 18.1. The standard InChI is InChI=1S/C19H23N9O5.H3N/c20-16-24-15-11(8-27-12(29)6-7-13(27)30)23-17(21)28-9-14(33-26-19(15,28)25-16)32-18(31)22-10-4-2-1-3-5-10;/h1-5,11,14-15,26H,6-9H2,(H2,21,23)(H,22,31)(H3,20,24,25);1H3/t11-,14+,15-,19+;/m0./s1. The highest BCUT2D eigenvalue weighted by atomic mass is 16.8. The predicted octanol–water partition coefficient (Wildman–Crippen LogP) is -1.65. The van der Waals surface area contributed by atoms with Crippen molar-refractivity contribution in [2.45, 2.75) is 37.0 Å². The maximum Gasteiger partial charge on any atom is 0.414 e. The first kappa shape index (κ1) is 23.2. The van der Waals surface area contributed by atoms with Gasteiger partial charge in [0.1, 0.15) is 12.1 Å². The van der Waals surface area contributed by atoms with Gasteiger partial charge >= 0.3 is 6.09 Å². The van der Waals surface area contributed by atoms with Gasteiger partial charge in [-0.05, 0) is 12.1 Å². The van der Waals surface area contributed by atoms with Crippen LogP contribution in [0.5, 0.6) is 0 Å². The lowest BCUT2D eigenvalue weighted by Gasteiger charge is -2.52. The number of rotatable bonds is 4. The number of nitrogens with two attached hydrogens (primary N) is 2. The Morgan fingerprint density at radius 2 is 1.91 bits per heavy atom. The zero-order valence-corrected chi connectivity index (χ0v) is 18.1. The fourth-order valence-corrected chi connectivity index (χ4v) is 4.35. The normalized spacial score (nSPS) is 29.8. The maximum absolute atomic E-state index is 12.3. The molecule has 1 spiro atoms. The summed E-state index contributed by atoms with van der Waals surface area (Å²) in [6, 6.07) is 7.48. The fraction of sp³-hybridized carbons (Fsp3) is 0.421. The van der Waals surface area contributed by atoms with Crippen molar-refractivity contribution in [3.63, 3.8) is 0 Å². The number of benzene rings is 1. The molecule has 3 amide bonds. The van der Waals surface area contributed by atoms with E-state index in [1.165, 1.54) is 4.90 Å². The van der Waals surface area contributed by atoms with Gasteiger partial charge in [-0.3, -0.25) is 29.5 Å². The topological polar surface area (TPSA) is 224 Å². The molecule has 182 valence electrons. The van der Waals surface area contributed by atoms with E-state index in [1.54, 1.807) is 29.2 Å². The molecular formula is C19H26N10O5. The van der Waals surface area contributed by atoms with E-state index in [1.807, 2.05) is 6.07 Å². The Kier molecular flexibility index (Phi) is 5.99. The average Bonchev–Trinajstić information content (AvgIpc) is 3.29.